The number of amides is 1. The fourth-order valence-corrected chi connectivity index (χ4v) is 5.93. The summed E-state index contributed by atoms with van der Waals surface area (Å²) in [5, 5.41) is 2.54. The molecular weight excluding hydrogens is 806 g/mol. The molecule has 0 bridgehead atoms. The molecule has 0 aromatic heterocycles. The summed E-state index contributed by atoms with van der Waals surface area (Å²) >= 11 is 0. The van der Waals surface area contributed by atoms with Crippen LogP contribution in [0.5, 0.6) is 0 Å². The maximum absolute atomic E-state index is 12.6. The number of rotatable bonds is 20. The molecule has 0 unspecified atom stereocenters. The van der Waals surface area contributed by atoms with Gasteiger partial charge >= 0.3 is 47.9 Å². The number of ether oxygens (including phenoxy) is 13. The Morgan fingerprint density at radius 2 is 0.983 bits per heavy atom. The Kier molecular flexibility index (Phi) is 20.1. The molecule has 0 radical (unpaired) electrons. The van der Waals surface area contributed by atoms with Crippen LogP contribution in [0.1, 0.15) is 54.0 Å². The monoisotopic (exact) mass is 857 g/mol. The fourth-order valence-electron chi connectivity index (χ4n) is 5.93. The van der Waals surface area contributed by atoms with Crippen molar-refractivity contribution in [2.45, 2.75) is 116 Å². The van der Waals surface area contributed by atoms with Gasteiger partial charge in [-0.25, -0.2) is 4.79 Å². The van der Waals surface area contributed by atoms with Gasteiger partial charge in [0, 0.05) is 55.0 Å². The summed E-state index contributed by atoms with van der Waals surface area (Å²) in [5.41, 5.74) is 0.799. The van der Waals surface area contributed by atoms with Crippen molar-refractivity contribution < 1.29 is 99.9 Å². The van der Waals surface area contributed by atoms with E-state index in [0.717, 1.165) is 54.0 Å². The summed E-state index contributed by atoms with van der Waals surface area (Å²) in [7, 11) is 0. The van der Waals surface area contributed by atoms with E-state index in [0.29, 0.717) is 0 Å². The maximum atomic E-state index is 12.6. The molecule has 1 aromatic rings. The molecule has 22 nitrogen and oxygen atoms in total. The molecule has 2 fully saturated rings. The zero-order valence-electron chi connectivity index (χ0n) is 34.2. The van der Waals surface area contributed by atoms with E-state index in [2.05, 4.69) is 5.32 Å². The molecule has 2 aliphatic heterocycles. The number of benzene rings is 1. The molecule has 2 aliphatic rings. The van der Waals surface area contributed by atoms with Gasteiger partial charge < -0.3 is 66.9 Å². The highest BCUT2D eigenvalue weighted by molar-refractivity contribution is 5.69. The first-order chi connectivity index (χ1) is 28.4. The van der Waals surface area contributed by atoms with Crippen LogP contribution in [0, 0.1) is 0 Å². The summed E-state index contributed by atoms with van der Waals surface area (Å²) in [4.78, 5) is 97.9. The zero-order chi connectivity index (χ0) is 44.4. The van der Waals surface area contributed by atoms with E-state index in [1.807, 2.05) is 18.2 Å². The highest BCUT2D eigenvalue weighted by Gasteiger charge is 2.57. The minimum Gasteiger partial charge on any atom is -0.463 e. The summed E-state index contributed by atoms with van der Waals surface area (Å²) in [5.74, 6) is -6.00. The number of hydrogen-bond donors (Lipinski definition) is 1. The summed E-state index contributed by atoms with van der Waals surface area (Å²) in [6.45, 7) is 6.05. The SMILES string of the molecule is CC(=O)OC[C@@H]1O[C@H](OCCOCCNC(=O)OCc2ccccc2)[C@@H](O[C@H]2O[C@H](COC(C)=O)[C@@H](OC(C)=O)[C@H](OC(C)=O)[C@@H]2OC(C)=O)[C@@H](OC(C)=O)[C@@H]1OC(C)=O. The maximum Gasteiger partial charge on any atom is 0.407 e. The van der Waals surface area contributed by atoms with Gasteiger partial charge in [0.25, 0.3) is 0 Å². The van der Waals surface area contributed by atoms with Crippen LogP contribution in [-0.2, 0) is 102 Å². The molecule has 60 heavy (non-hydrogen) atoms. The Labute approximate surface area is 344 Å². The number of carbonyl (C=O) groups excluding carboxylic acids is 8. The fraction of sp³-hybridized carbons (Fsp3) is 0.632. The molecule has 1 aromatic carbocycles. The van der Waals surface area contributed by atoms with E-state index in [1.165, 1.54) is 0 Å². The van der Waals surface area contributed by atoms with Gasteiger partial charge in [-0.05, 0) is 5.56 Å². The van der Waals surface area contributed by atoms with E-state index in [4.69, 9.17) is 61.6 Å². The number of alkyl carbamates (subject to hydrolysis) is 1. The molecule has 1 amide bonds. The van der Waals surface area contributed by atoms with Crippen LogP contribution in [0.15, 0.2) is 30.3 Å². The van der Waals surface area contributed by atoms with Gasteiger partial charge in [-0.3, -0.25) is 33.6 Å². The average molecular weight is 858 g/mol. The van der Waals surface area contributed by atoms with Gasteiger partial charge in [-0.1, -0.05) is 30.3 Å². The van der Waals surface area contributed by atoms with Crippen molar-refractivity contribution in [2.75, 3.05) is 39.6 Å². The van der Waals surface area contributed by atoms with Crippen LogP contribution in [0.2, 0.25) is 0 Å². The van der Waals surface area contributed by atoms with Crippen molar-refractivity contribution in [3.8, 4) is 0 Å². The molecule has 22 heteroatoms. The second-order valence-corrected chi connectivity index (χ2v) is 13.1. The van der Waals surface area contributed by atoms with Crippen molar-refractivity contribution >= 4 is 47.9 Å². The molecule has 10 atom stereocenters. The number of hydrogen-bond acceptors (Lipinski definition) is 21. The van der Waals surface area contributed by atoms with Gasteiger partial charge in [0.1, 0.15) is 32.0 Å². The third-order valence-electron chi connectivity index (χ3n) is 8.12. The predicted molar refractivity (Wildman–Crippen MR) is 195 cm³/mol. The largest absolute Gasteiger partial charge is 0.463 e. The highest BCUT2D eigenvalue weighted by Crippen LogP contribution is 2.35. The smallest absolute Gasteiger partial charge is 0.407 e. The van der Waals surface area contributed by atoms with Gasteiger partial charge in [0.2, 0.25) is 0 Å². The van der Waals surface area contributed by atoms with E-state index in [1.54, 1.807) is 12.1 Å². The molecule has 0 spiro atoms. The Morgan fingerprint density at radius 1 is 0.517 bits per heavy atom. The van der Waals surface area contributed by atoms with Crippen molar-refractivity contribution in [2.24, 2.45) is 0 Å². The zero-order valence-corrected chi connectivity index (χ0v) is 34.2. The third-order valence-corrected chi connectivity index (χ3v) is 8.12. The lowest BCUT2D eigenvalue weighted by Gasteiger charge is -2.48. The first-order valence-corrected chi connectivity index (χ1v) is 18.7. The average Bonchev–Trinajstić information content (AvgIpc) is 3.15. The molecule has 0 saturated carbocycles. The van der Waals surface area contributed by atoms with Crippen LogP contribution in [-0.4, -0.2) is 149 Å². The number of carbonyl (C=O) groups is 8. The van der Waals surface area contributed by atoms with Crippen LogP contribution in [0.25, 0.3) is 0 Å². The Hall–Kier alpha value is -5.42. The van der Waals surface area contributed by atoms with Crippen LogP contribution < -0.4 is 5.32 Å². The standard InChI is InChI=1S/C38H51NO21/c1-20(40)50-18-28-30(53-22(3)42)32(55-24(5)44)34(36(58-28)49-16-15-48-14-13-39-38(47)52-17-27-11-9-8-10-12-27)60-37-35(57-26(7)46)33(56-25(6)45)31(54-23(4)43)29(59-37)19-51-21(2)41/h8-12,28-37H,13-19H2,1-7H3,(H,39,47)/t28-,29+,30+,31+,32-,33-,34-,35-,36-,37+/m0/s1. The summed E-state index contributed by atoms with van der Waals surface area (Å²) in [6.07, 6.45) is -16.7. The van der Waals surface area contributed by atoms with Crippen LogP contribution in [0.3, 0.4) is 0 Å². The summed E-state index contributed by atoms with van der Waals surface area (Å²) in [6, 6.07) is 9.05. The van der Waals surface area contributed by atoms with Crippen LogP contribution >= 0.6 is 0 Å². The van der Waals surface area contributed by atoms with Crippen molar-refractivity contribution in [1.29, 1.82) is 0 Å². The second-order valence-electron chi connectivity index (χ2n) is 13.1. The van der Waals surface area contributed by atoms with E-state index in [9.17, 15) is 38.4 Å². The minimum atomic E-state index is -1.84. The molecule has 1 N–H and O–H groups in total. The van der Waals surface area contributed by atoms with Crippen molar-refractivity contribution in [1.82, 2.24) is 5.32 Å². The lowest BCUT2D eigenvalue weighted by Crippen LogP contribution is -2.67. The van der Waals surface area contributed by atoms with Crippen LogP contribution in [0.4, 0.5) is 4.79 Å². The van der Waals surface area contributed by atoms with E-state index < -0.39 is 123 Å². The molecular formula is C38H51NO21. The lowest BCUT2D eigenvalue weighted by molar-refractivity contribution is -0.369. The summed E-state index contributed by atoms with van der Waals surface area (Å²) < 4.78 is 73.1. The molecule has 3 rings (SSSR count). The molecule has 2 saturated heterocycles. The Balaban J connectivity index is 1.93. The molecule has 334 valence electrons. The molecule has 0 aliphatic carbocycles. The second kappa shape index (κ2) is 24.6. The number of nitrogens with one attached hydrogen (secondary N) is 1. The molecule has 2 heterocycles. The van der Waals surface area contributed by atoms with Crippen molar-refractivity contribution in [3.05, 3.63) is 35.9 Å². The van der Waals surface area contributed by atoms with Crippen molar-refractivity contribution in [3.63, 3.8) is 0 Å². The first-order valence-electron chi connectivity index (χ1n) is 18.7. The Morgan fingerprint density at radius 3 is 1.48 bits per heavy atom. The highest BCUT2D eigenvalue weighted by atomic mass is 16.8. The van der Waals surface area contributed by atoms with Gasteiger partial charge in [0.05, 0.1) is 19.8 Å². The van der Waals surface area contributed by atoms with E-state index in [-0.39, 0.29) is 33.0 Å². The predicted octanol–water partition coefficient (Wildman–Crippen LogP) is 0.566. The quantitative estimate of drug-likeness (QED) is 0.107. The lowest BCUT2D eigenvalue weighted by atomic mass is 9.96. The van der Waals surface area contributed by atoms with E-state index >= 15 is 0 Å². The topological polar surface area (TPSA) is 269 Å². The van der Waals surface area contributed by atoms with Gasteiger partial charge in [0.15, 0.2) is 49.2 Å². The normalized spacial score (nSPS) is 26.0. The van der Waals surface area contributed by atoms with Gasteiger partial charge in [-0.15, -0.1) is 0 Å². The first kappa shape index (κ1) is 48.9. The Bertz CT molecular complexity index is 1620. The van der Waals surface area contributed by atoms with Gasteiger partial charge in [-0.2, -0.15) is 0 Å². The third kappa shape index (κ3) is 16.7. The minimum absolute atomic E-state index is 0.0136. The number of esters is 7.